The number of aliphatic hydroxyl groups is 1. The highest BCUT2D eigenvalue weighted by atomic mass is 35.5. The van der Waals surface area contributed by atoms with E-state index in [1.807, 2.05) is 6.07 Å². The van der Waals surface area contributed by atoms with Crippen molar-refractivity contribution in [3.05, 3.63) is 38.5 Å². The third-order valence-electron chi connectivity index (χ3n) is 2.45. The Balaban J connectivity index is 2.74. The smallest absolute Gasteiger partial charge is 0.145 e. The number of aromatic nitrogens is 2. The molecule has 5 nitrogen and oxygen atoms in total. The van der Waals surface area contributed by atoms with Crippen molar-refractivity contribution in [1.29, 1.82) is 5.26 Å². The monoisotopic (exact) mass is 316 g/mol. The average molecular weight is 318 g/mol. The van der Waals surface area contributed by atoms with Gasteiger partial charge in [-0.05, 0) is 12.1 Å². The van der Waals surface area contributed by atoms with E-state index in [0.29, 0.717) is 10.7 Å². The first-order valence-electron chi connectivity index (χ1n) is 5.02. The van der Waals surface area contributed by atoms with Crippen molar-refractivity contribution in [3.63, 3.8) is 0 Å². The minimum atomic E-state index is -0.414. The Labute approximate surface area is 123 Å². The summed E-state index contributed by atoms with van der Waals surface area (Å²) in [5, 5.41) is 23.0. The second-order valence-electron chi connectivity index (χ2n) is 3.61. The zero-order chi connectivity index (χ0) is 14.2. The van der Waals surface area contributed by atoms with Crippen molar-refractivity contribution in [2.75, 3.05) is 5.73 Å². The summed E-state index contributed by atoms with van der Waals surface area (Å²) in [5.74, 6) is 0.0534. The predicted octanol–water partition coefficient (Wildman–Crippen LogP) is 2.78. The molecule has 3 N–H and O–H groups in total. The van der Waals surface area contributed by atoms with Crippen LogP contribution in [0.25, 0.3) is 5.69 Å². The lowest BCUT2D eigenvalue weighted by Crippen LogP contribution is -2.04. The Hall–Kier alpha value is -1.45. The van der Waals surface area contributed by atoms with Crippen LogP contribution in [-0.4, -0.2) is 14.9 Å². The van der Waals surface area contributed by atoms with Gasteiger partial charge in [0.05, 0.1) is 16.7 Å². The van der Waals surface area contributed by atoms with E-state index < -0.39 is 6.61 Å². The first-order chi connectivity index (χ1) is 8.99. The largest absolute Gasteiger partial charge is 0.390 e. The number of nitrogens with zero attached hydrogens (tertiary/aromatic N) is 3. The quantitative estimate of drug-likeness (QED) is 0.891. The number of anilines is 1. The highest BCUT2D eigenvalue weighted by Gasteiger charge is 2.19. The van der Waals surface area contributed by atoms with Gasteiger partial charge in [-0.3, -0.25) is 0 Å². The molecular weight excluding hydrogens is 311 g/mol. The maximum Gasteiger partial charge on any atom is 0.145 e. The SMILES string of the molecule is N#Cc1c(CO)nn(-c2c(Cl)cc(Cl)cc2Cl)c1N. The number of nitriles is 1. The summed E-state index contributed by atoms with van der Waals surface area (Å²) in [6.07, 6.45) is 0. The number of halogens is 3. The van der Waals surface area contributed by atoms with Crippen LogP contribution in [-0.2, 0) is 6.61 Å². The average Bonchev–Trinajstić information content (AvgIpc) is 2.65. The summed E-state index contributed by atoms with van der Waals surface area (Å²) in [4.78, 5) is 0. The lowest BCUT2D eigenvalue weighted by molar-refractivity contribution is 0.276. The number of nitrogens with two attached hydrogens (primary N) is 1. The Kier molecular flexibility index (Phi) is 3.88. The summed E-state index contributed by atoms with van der Waals surface area (Å²) in [6, 6.07) is 4.84. The van der Waals surface area contributed by atoms with E-state index in [2.05, 4.69) is 5.10 Å². The van der Waals surface area contributed by atoms with Crippen LogP contribution in [0, 0.1) is 11.3 Å². The molecule has 0 radical (unpaired) electrons. The molecule has 0 atom stereocenters. The molecule has 0 saturated carbocycles. The van der Waals surface area contributed by atoms with E-state index in [1.165, 1.54) is 16.8 Å². The van der Waals surface area contributed by atoms with Crippen LogP contribution < -0.4 is 5.73 Å². The van der Waals surface area contributed by atoms with E-state index in [4.69, 9.17) is 50.9 Å². The van der Waals surface area contributed by atoms with E-state index >= 15 is 0 Å². The minimum Gasteiger partial charge on any atom is -0.390 e. The summed E-state index contributed by atoms with van der Waals surface area (Å²) < 4.78 is 1.21. The minimum absolute atomic E-state index is 0.0534. The number of aliphatic hydroxyl groups excluding tert-OH is 1. The van der Waals surface area contributed by atoms with Crippen LogP contribution >= 0.6 is 34.8 Å². The molecule has 1 heterocycles. The summed E-state index contributed by atoms with van der Waals surface area (Å²) in [6.45, 7) is -0.414. The van der Waals surface area contributed by atoms with Gasteiger partial charge in [0.15, 0.2) is 0 Å². The van der Waals surface area contributed by atoms with Crippen LogP contribution in [0.4, 0.5) is 5.82 Å². The van der Waals surface area contributed by atoms with Gasteiger partial charge in [-0.25, -0.2) is 4.68 Å². The molecule has 2 aromatic rings. The van der Waals surface area contributed by atoms with Gasteiger partial charge in [-0.1, -0.05) is 34.8 Å². The standard InChI is InChI=1S/C11H7Cl3N4O/c12-5-1-7(13)10(8(14)2-5)18-11(16)6(3-15)9(4-19)17-18/h1-2,19H,4,16H2. The van der Waals surface area contributed by atoms with Crippen molar-refractivity contribution < 1.29 is 5.11 Å². The molecule has 0 aliphatic carbocycles. The lowest BCUT2D eigenvalue weighted by atomic mass is 10.2. The fourth-order valence-electron chi connectivity index (χ4n) is 1.62. The van der Waals surface area contributed by atoms with E-state index in [-0.39, 0.29) is 27.1 Å². The number of rotatable bonds is 2. The molecule has 0 spiro atoms. The first-order valence-corrected chi connectivity index (χ1v) is 6.16. The highest BCUT2D eigenvalue weighted by molar-refractivity contribution is 6.40. The maximum absolute atomic E-state index is 9.15. The lowest BCUT2D eigenvalue weighted by Gasteiger charge is -2.09. The van der Waals surface area contributed by atoms with Gasteiger partial charge in [0.25, 0.3) is 0 Å². The third-order valence-corrected chi connectivity index (χ3v) is 3.24. The molecule has 19 heavy (non-hydrogen) atoms. The fraction of sp³-hybridized carbons (Fsp3) is 0.0909. The van der Waals surface area contributed by atoms with Crippen LogP contribution in [0.2, 0.25) is 15.1 Å². The number of hydrogen-bond acceptors (Lipinski definition) is 4. The molecule has 0 bridgehead atoms. The molecule has 0 aliphatic rings. The molecule has 0 fully saturated rings. The van der Waals surface area contributed by atoms with Crippen molar-refractivity contribution in [1.82, 2.24) is 9.78 Å². The Bertz CT molecular complexity index is 667. The molecule has 0 amide bonds. The molecule has 8 heteroatoms. The molecule has 98 valence electrons. The van der Waals surface area contributed by atoms with Crippen LogP contribution in [0.15, 0.2) is 12.1 Å². The number of hydrogen-bond donors (Lipinski definition) is 2. The van der Waals surface area contributed by atoms with Crippen molar-refractivity contribution in [2.45, 2.75) is 6.61 Å². The predicted molar refractivity (Wildman–Crippen MR) is 73.6 cm³/mol. The molecule has 1 aromatic carbocycles. The number of benzene rings is 1. The third kappa shape index (κ3) is 2.36. The Morgan fingerprint density at radius 2 is 1.89 bits per heavy atom. The van der Waals surface area contributed by atoms with Gasteiger partial charge < -0.3 is 10.8 Å². The zero-order valence-corrected chi connectivity index (χ0v) is 11.6. The van der Waals surface area contributed by atoms with Gasteiger partial charge in [0.1, 0.15) is 28.8 Å². The second-order valence-corrected chi connectivity index (χ2v) is 4.86. The zero-order valence-electron chi connectivity index (χ0n) is 9.36. The summed E-state index contributed by atoms with van der Waals surface area (Å²) in [5.41, 5.74) is 6.36. The summed E-state index contributed by atoms with van der Waals surface area (Å²) >= 11 is 17.9. The van der Waals surface area contributed by atoms with Crippen LogP contribution in [0.3, 0.4) is 0 Å². The first kappa shape index (κ1) is 14.0. The molecule has 0 aliphatic heterocycles. The van der Waals surface area contributed by atoms with Crippen LogP contribution in [0.1, 0.15) is 11.3 Å². The van der Waals surface area contributed by atoms with Crippen molar-refractivity contribution in [3.8, 4) is 11.8 Å². The highest BCUT2D eigenvalue weighted by Crippen LogP contribution is 2.34. The maximum atomic E-state index is 9.15. The topological polar surface area (TPSA) is 87.9 Å². The van der Waals surface area contributed by atoms with Gasteiger partial charge in [-0.2, -0.15) is 10.4 Å². The van der Waals surface area contributed by atoms with Gasteiger partial charge in [0.2, 0.25) is 0 Å². The Morgan fingerprint density at radius 3 is 2.32 bits per heavy atom. The van der Waals surface area contributed by atoms with Gasteiger partial charge >= 0.3 is 0 Å². The van der Waals surface area contributed by atoms with Crippen LogP contribution in [0.5, 0.6) is 0 Å². The second kappa shape index (κ2) is 5.27. The van der Waals surface area contributed by atoms with E-state index in [1.54, 1.807) is 0 Å². The van der Waals surface area contributed by atoms with E-state index in [9.17, 15) is 0 Å². The number of nitrogen functional groups attached to an aromatic ring is 1. The molecule has 1 aromatic heterocycles. The normalized spacial score (nSPS) is 10.5. The fourth-order valence-corrected chi connectivity index (χ4v) is 2.60. The Morgan fingerprint density at radius 1 is 1.32 bits per heavy atom. The van der Waals surface area contributed by atoms with Crippen molar-refractivity contribution in [2.24, 2.45) is 0 Å². The van der Waals surface area contributed by atoms with Gasteiger partial charge in [-0.15, -0.1) is 0 Å². The molecule has 0 unspecified atom stereocenters. The van der Waals surface area contributed by atoms with E-state index in [0.717, 1.165) is 0 Å². The molecule has 2 rings (SSSR count). The van der Waals surface area contributed by atoms with Crippen molar-refractivity contribution >= 4 is 40.6 Å². The molecular formula is C11H7Cl3N4O. The van der Waals surface area contributed by atoms with Gasteiger partial charge in [0, 0.05) is 5.02 Å². The summed E-state index contributed by atoms with van der Waals surface area (Å²) in [7, 11) is 0. The molecule has 0 saturated heterocycles.